The number of rotatable bonds is 6. The van der Waals surface area contributed by atoms with Crippen molar-refractivity contribution < 1.29 is 9.47 Å². The molecule has 0 radical (unpaired) electrons. The molecule has 0 spiro atoms. The van der Waals surface area contributed by atoms with Crippen LogP contribution in [-0.2, 0) is 0 Å². The summed E-state index contributed by atoms with van der Waals surface area (Å²) in [6.07, 6.45) is 0. The van der Waals surface area contributed by atoms with Crippen molar-refractivity contribution in [3.8, 4) is 56.4 Å². The normalized spacial score (nSPS) is 12.1. The van der Waals surface area contributed by atoms with Crippen LogP contribution in [0.25, 0.3) is 33.4 Å². The van der Waals surface area contributed by atoms with Gasteiger partial charge in [0.1, 0.15) is 23.0 Å². The van der Waals surface area contributed by atoms with Crippen LogP contribution in [-0.4, -0.2) is 6.71 Å². The highest BCUT2D eigenvalue weighted by Crippen LogP contribution is 2.45. The van der Waals surface area contributed by atoms with Crippen molar-refractivity contribution in [2.24, 2.45) is 0 Å². The fourth-order valence-electron chi connectivity index (χ4n) is 8.11. The summed E-state index contributed by atoms with van der Waals surface area (Å²) in [5, 5.41) is 0. The van der Waals surface area contributed by atoms with E-state index in [-0.39, 0.29) is 6.71 Å². The molecule has 2 aliphatic rings. The minimum atomic E-state index is -0.0544. The Bertz CT molecular complexity index is 2580. The molecule has 0 aromatic heterocycles. The summed E-state index contributed by atoms with van der Waals surface area (Å²) in [4.78, 5) is 2.36. The molecule has 4 heteroatoms. The van der Waals surface area contributed by atoms with Crippen molar-refractivity contribution in [2.45, 2.75) is 13.8 Å². The molecule has 3 nitrogen and oxygen atoms in total. The predicted molar refractivity (Wildman–Crippen MR) is 225 cm³/mol. The number of aryl methyl sites for hydroxylation is 2. The van der Waals surface area contributed by atoms with Crippen molar-refractivity contribution >= 4 is 40.2 Å². The summed E-state index contributed by atoms with van der Waals surface area (Å²) in [7, 11) is 0. The Labute approximate surface area is 316 Å². The topological polar surface area (TPSA) is 21.7 Å². The molecule has 0 saturated heterocycles. The minimum absolute atomic E-state index is 0.0544. The van der Waals surface area contributed by atoms with E-state index < -0.39 is 0 Å². The van der Waals surface area contributed by atoms with Gasteiger partial charge in [-0.15, -0.1) is 0 Å². The van der Waals surface area contributed by atoms with Crippen LogP contribution in [0, 0.1) is 13.8 Å². The maximum Gasteiger partial charge on any atom is 0.260 e. The molecule has 2 heterocycles. The van der Waals surface area contributed by atoms with Gasteiger partial charge in [0.2, 0.25) is 0 Å². The van der Waals surface area contributed by atoms with Crippen molar-refractivity contribution in [3.63, 3.8) is 0 Å². The molecule has 0 N–H and O–H groups in total. The van der Waals surface area contributed by atoms with Gasteiger partial charge < -0.3 is 14.4 Å². The Kier molecular flexibility index (Phi) is 7.69. The van der Waals surface area contributed by atoms with E-state index in [0.29, 0.717) is 0 Å². The molecule has 0 atom stereocenters. The Balaban J connectivity index is 1.19. The first-order chi connectivity index (χ1) is 26.6. The van der Waals surface area contributed by atoms with Gasteiger partial charge in [0.05, 0.1) is 5.69 Å². The number of anilines is 3. The first kappa shape index (κ1) is 31.9. The first-order valence-electron chi connectivity index (χ1n) is 18.5. The molecule has 256 valence electrons. The summed E-state index contributed by atoms with van der Waals surface area (Å²) in [5.74, 6) is 3.33. The Morgan fingerprint density at radius 2 is 0.815 bits per heavy atom. The van der Waals surface area contributed by atoms with Crippen molar-refractivity contribution in [2.75, 3.05) is 4.90 Å². The zero-order chi connectivity index (χ0) is 36.2. The van der Waals surface area contributed by atoms with Gasteiger partial charge in [-0.05, 0) is 93.5 Å². The lowest BCUT2D eigenvalue weighted by Gasteiger charge is -2.35. The molecule has 0 amide bonds. The third kappa shape index (κ3) is 5.46. The molecular formula is C50H36BNO2. The fraction of sp³-hybridized carbons (Fsp3) is 0.0400. The van der Waals surface area contributed by atoms with Gasteiger partial charge in [-0.25, -0.2) is 0 Å². The van der Waals surface area contributed by atoms with Crippen molar-refractivity contribution in [3.05, 3.63) is 193 Å². The van der Waals surface area contributed by atoms with E-state index in [1.807, 2.05) is 0 Å². The van der Waals surface area contributed by atoms with Gasteiger partial charge in [-0.1, -0.05) is 146 Å². The Morgan fingerprint density at radius 3 is 1.33 bits per heavy atom. The summed E-state index contributed by atoms with van der Waals surface area (Å²) in [5.41, 5.74) is 15.7. The highest BCUT2D eigenvalue weighted by Gasteiger charge is 2.41. The standard InChI is InChI=1S/C50H36BNO2/c1-33-14-12-13-21-44(33)52(45-28-38(23-22-34(45)2)35-15-6-3-7-16-35)41-31-48-50-49(32-41)54-47-30-40(37-19-10-5-11-20-37)25-27-43(47)51(50)42-26-24-39(29-46(42)53-48)36-17-8-4-9-18-36/h3-32H,1-2H3. The van der Waals surface area contributed by atoms with Crippen LogP contribution in [0.5, 0.6) is 23.0 Å². The summed E-state index contributed by atoms with van der Waals surface area (Å²) >= 11 is 0. The van der Waals surface area contributed by atoms with Gasteiger partial charge in [-0.3, -0.25) is 0 Å². The van der Waals surface area contributed by atoms with Crippen LogP contribution in [0.3, 0.4) is 0 Å². The number of hydrogen-bond donors (Lipinski definition) is 0. The molecule has 0 bridgehead atoms. The SMILES string of the molecule is Cc1ccccc1N(c1cc2c3c(c1)Oc1cc(-c4ccccc4)ccc1B3c1ccc(-c3ccccc3)cc1O2)c1cc(-c2ccccc2)ccc1C. The van der Waals surface area contributed by atoms with Gasteiger partial charge in [0.15, 0.2) is 0 Å². The molecule has 10 rings (SSSR count). The lowest BCUT2D eigenvalue weighted by atomic mass is 9.34. The van der Waals surface area contributed by atoms with Gasteiger partial charge >= 0.3 is 0 Å². The molecule has 8 aromatic rings. The van der Waals surface area contributed by atoms with E-state index >= 15 is 0 Å². The van der Waals surface area contributed by atoms with Gasteiger partial charge in [0.25, 0.3) is 6.71 Å². The monoisotopic (exact) mass is 693 g/mol. The van der Waals surface area contributed by atoms with Gasteiger partial charge in [-0.2, -0.15) is 0 Å². The fourth-order valence-corrected chi connectivity index (χ4v) is 8.11. The predicted octanol–water partition coefficient (Wildman–Crippen LogP) is 11.5. The zero-order valence-electron chi connectivity index (χ0n) is 30.2. The molecular weight excluding hydrogens is 657 g/mol. The number of para-hydroxylation sites is 1. The second kappa shape index (κ2) is 13.0. The smallest absolute Gasteiger partial charge is 0.260 e. The maximum atomic E-state index is 7.00. The van der Waals surface area contributed by atoms with E-state index in [1.54, 1.807) is 0 Å². The summed E-state index contributed by atoms with van der Waals surface area (Å²) < 4.78 is 14.0. The second-order valence-electron chi connectivity index (χ2n) is 14.2. The van der Waals surface area contributed by atoms with Crippen molar-refractivity contribution in [1.29, 1.82) is 0 Å². The van der Waals surface area contributed by atoms with Crippen LogP contribution in [0.1, 0.15) is 11.1 Å². The number of hydrogen-bond acceptors (Lipinski definition) is 3. The van der Waals surface area contributed by atoms with Crippen molar-refractivity contribution in [1.82, 2.24) is 0 Å². The maximum absolute atomic E-state index is 7.00. The second-order valence-corrected chi connectivity index (χ2v) is 14.2. The first-order valence-corrected chi connectivity index (χ1v) is 18.5. The third-order valence-electron chi connectivity index (χ3n) is 10.9. The van der Waals surface area contributed by atoms with Crippen LogP contribution < -0.4 is 30.8 Å². The molecule has 54 heavy (non-hydrogen) atoms. The molecule has 0 unspecified atom stereocenters. The summed E-state index contributed by atoms with van der Waals surface area (Å²) in [6, 6.07) is 64.6. The quantitative estimate of drug-likeness (QED) is 0.162. The highest BCUT2D eigenvalue weighted by molar-refractivity contribution is 6.98. The number of nitrogens with zero attached hydrogens (tertiary/aromatic N) is 1. The van der Waals surface area contributed by atoms with Crippen LogP contribution in [0.2, 0.25) is 0 Å². The summed E-state index contributed by atoms with van der Waals surface area (Å²) in [6.45, 7) is 4.30. The largest absolute Gasteiger partial charge is 0.458 e. The van der Waals surface area contributed by atoms with Crippen LogP contribution in [0.4, 0.5) is 17.1 Å². The number of benzene rings is 8. The zero-order valence-corrected chi connectivity index (χ0v) is 30.2. The average molecular weight is 694 g/mol. The molecule has 0 saturated carbocycles. The number of fused-ring (bicyclic) bond motifs is 4. The van der Waals surface area contributed by atoms with E-state index in [9.17, 15) is 0 Å². The molecule has 0 aliphatic carbocycles. The molecule has 8 aromatic carbocycles. The highest BCUT2D eigenvalue weighted by atomic mass is 16.5. The average Bonchev–Trinajstić information content (AvgIpc) is 3.22. The lowest BCUT2D eigenvalue weighted by molar-refractivity contribution is 0.465. The Hall–Kier alpha value is -6.78. The third-order valence-corrected chi connectivity index (χ3v) is 10.9. The van der Waals surface area contributed by atoms with E-state index in [4.69, 9.17) is 9.47 Å². The van der Waals surface area contributed by atoms with Crippen LogP contribution in [0.15, 0.2) is 182 Å². The molecule has 2 aliphatic heterocycles. The van der Waals surface area contributed by atoms with Crippen LogP contribution >= 0.6 is 0 Å². The van der Waals surface area contributed by atoms with E-state index in [1.165, 1.54) is 16.7 Å². The lowest BCUT2D eigenvalue weighted by Crippen LogP contribution is -2.57. The molecule has 0 fully saturated rings. The Morgan fingerprint density at radius 1 is 0.370 bits per heavy atom. The minimum Gasteiger partial charge on any atom is -0.458 e. The van der Waals surface area contributed by atoms with E-state index in [0.717, 1.165) is 84.3 Å². The van der Waals surface area contributed by atoms with Gasteiger partial charge in [0, 0.05) is 29.0 Å². The van der Waals surface area contributed by atoms with E-state index in [2.05, 4.69) is 201 Å². The number of ether oxygens (including phenoxy) is 2.